The predicted molar refractivity (Wildman–Crippen MR) is 84.4 cm³/mol. The third kappa shape index (κ3) is 6.22. The maximum Gasteiger partial charge on any atom is 0.0237 e. The minimum absolute atomic E-state index is 0.194. The van der Waals surface area contributed by atoms with Crippen LogP contribution in [-0.4, -0.2) is 29.6 Å². The fourth-order valence-corrected chi connectivity index (χ4v) is 2.27. The van der Waals surface area contributed by atoms with Gasteiger partial charge in [0, 0.05) is 24.7 Å². The predicted octanol–water partition coefficient (Wildman–Crippen LogP) is 3.68. The molecule has 0 aliphatic carbocycles. The Balaban J connectivity index is 2.60. The molecule has 1 rings (SSSR count). The van der Waals surface area contributed by atoms with E-state index in [4.69, 9.17) is 0 Å². The van der Waals surface area contributed by atoms with Gasteiger partial charge in [-0.05, 0) is 39.3 Å². The van der Waals surface area contributed by atoms with Crippen molar-refractivity contribution in [1.29, 1.82) is 0 Å². The number of nitrogens with one attached hydrogen (secondary N) is 1. The summed E-state index contributed by atoms with van der Waals surface area (Å²) in [5.41, 5.74) is 1.60. The monoisotopic (exact) mass is 262 g/mol. The average Bonchev–Trinajstić information content (AvgIpc) is 2.38. The molecule has 1 aromatic rings. The lowest BCUT2D eigenvalue weighted by molar-refractivity contribution is 0.178. The van der Waals surface area contributed by atoms with Gasteiger partial charge in [0.25, 0.3) is 0 Å². The Morgan fingerprint density at radius 3 is 2.21 bits per heavy atom. The van der Waals surface area contributed by atoms with E-state index in [-0.39, 0.29) is 5.54 Å². The Hall–Kier alpha value is -0.860. The van der Waals surface area contributed by atoms with Crippen LogP contribution in [0.5, 0.6) is 0 Å². The molecule has 108 valence electrons. The molecule has 0 aliphatic heterocycles. The van der Waals surface area contributed by atoms with Gasteiger partial charge in [0.1, 0.15) is 0 Å². The molecular formula is C17H30N2. The second kappa shape index (κ2) is 7.66. The first-order chi connectivity index (χ1) is 8.96. The van der Waals surface area contributed by atoms with Crippen molar-refractivity contribution in [1.82, 2.24) is 10.2 Å². The molecule has 2 heteroatoms. The van der Waals surface area contributed by atoms with E-state index >= 15 is 0 Å². The van der Waals surface area contributed by atoms with Gasteiger partial charge in [-0.25, -0.2) is 0 Å². The molecule has 1 atom stereocenters. The van der Waals surface area contributed by atoms with Crippen molar-refractivity contribution in [3.8, 4) is 0 Å². The topological polar surface area (TPSA) is 15.3 Å². The molecular weight excluding hydrogens is 232 g/mol. The summed E-state index contributed by atoms with van der Waals surface area (Å²) in [6, 6.07) is 11.4. The number of hydrogen-bond acceptors (Lipinski definition) is 2. The third-order valence-electron chi connectivity index (χ3n) is 3.49. The van der Waals surface area contributed by atoms with Gasteiger partial charge < -0.3 is 5.32 Å². The second-order valence-electron chi connectivity index (χ2n) is 6.24. The SMILES string of the molecule is CCC(CNC(C)(C)C)N(CC)Cc1ccccc1. The Labute approximate surface area is 119 Å². The Bertz CT molecular complexity index is 340. The van der Waals surface area contributed by atoms with Crippen LogP contribution in [0, 0.1) is 0 Å². The second-order valence-corrected chi connectivity index (χ2v) is 6.24. The zero-order chi connectivity index (χ0) is 14.3. The molecule has 19 heavy (non-hydrogen) atoms. The van der Waals surface area contributed by atoms with Crippen LogP contribution in [0.15, 0.2) is 30.3 Å². The first-order valence-corrected chi connectivity index (χ1v) is 7.49. The Kier molecular flexibility index (Phi) is 6.53. The smallest absolute Gasteiger partial charge is 0.0237 e. The van der Waals surface area contributed by atoms with Crippen LogP contribution in [0.3, 0.4) is 0 Å². The molecule has 0 saturated carbocycles. The summed E-state index contributed by atoms with van der Waals surface area (Å²) in [4.78, 5) is 2.56. The molecule has 0 radical (unpaired) electrons. The average molecular weight is 262 g/mol. The standard InChI is InChI=1S/C17H30N2/c1-6-16(13-18-17(3,4)5)19(7-2)14-15-11-9-8-10-12-15/h8-12,16,18H,6-7,13-14H2,1-5H3. The Morgan fingerprint density at radius 2 is 1.74 bits per heavy atom. The number of likely N-dealkylation sites (N-methyl/N-ethyl adjacent to an activating group) is 1. The molecule has 2 nitrogen and oxygen atoms in total. The summed E-state index contributed by atoms with van der Waals surface area (Å²) >= 11 is 0. The molecule has 0 amide bonds. The van der Waals surface area contributed by atoms with E-state index in [1.165, 1.54) is 12.0 Å². The van der Waals surface area contributed by atoms with Gasteiger partial charge in [-0.3, -0.25) is 4.90 Å². The van der Waals surface area contributed by atoms with Gasteiger partial charge in [-0.1, -0.05) is 44.2 Å². The highest BCUT2D eigenvalue weighted by atomic mass is 15.2. The van der Waals surface area contributed by atoms with Crippen molar-refractivity contribution >= 4 is 0 Å². The van der Waals surface area contributed by atoms with Crippen LogP contribution >= 0.6 is 0 Å². The third-order valence-corrected chi connectivity index (χ3v) is 3.49. The van der Waals surface area contributed by atoms with Gasteiger partial charge in [-0.2, -0.15) is 0 Å². The van der Waals surface area contributed by atoms with Crippen LogP contribution in [0.25, 0.3) is 0 Å². The van der Waals surface area contributed by atoms with E-state index < -0.39 is 0 Å². The van der Waals surface area contributed by atoms with Gasteiger partial charge in [0.05, 0.1) is 0 Å². The molecule has 1 unspecified atom stereocenters. The van der Waals surface area contributed by atoms with Gasteiger partial charge in [-0.15, -0.1) is 0 Å². The van der Waals surface area contributed by atoms with Crippen LogP contribution in [-0.2, 0) is 6.54 Å². The van der Waals surface area contributed by atoms with Crippen molar-refractivity contribution in [3.63, 3.8) is 0 Å². The highest BCUT2D eigenvalue weighted by molar-refractivity contribution is 5.14. The normalized spacial score (nSPS) is 13.8. The molecule has 0 fully saturated rings. The molecule has 0 aliphatic rings. The van der Waals surface area contributed by atoms with Gasteiger partial charge in [0.2, 0.25) is 0 Å². The van der Waals surface area contributed by atoms with Crippen LogP contribution < -0.4 is 5.32 Å². The highest BCUT2D eigenvalue weighted by Crippen LogP contribution is 2.11. The maximum absolute atomic E-state index is 3.63. The molecule has 0 bridgehead atoms. The van der Waals surface area contributed by atoms with E-state index in [1.807, 2.05) is 0 Å². The summed E-state index contributed by atoms with van der Waals surface area (Å²) in [6.07, 6.45) is 1.18. The number of benzene rings is 1. The first-order valence-electron chi connectivity index (χ1n) is 7.49. The first kappa shape index (κ1) is 16.2. The summed E-state index contributed by atoms with van der Waals surface area (Å²) < 4.78 is 0. The van der Waals surface area contributed by atoms with Crippen molar-refractivity contribution in [2.24, 2.45) is 0 Å². The van der Waals surface area contributed by atoms with Crippen LogP contribution in [0.4, 0.5) is 0 Å². The van der Waals surface area contributed by atoms with Gasteiger partial charge >= 0.3 is 0 Å². The minimum Gasteiger partial charge on any atom is -0.311 e. The largest absolute Gasteiger partial charge is 0.311 e. The molecule has 0 saturated heterocycles. The van der Waals surface area contributed by atoms with Crippen molar-refractivity contribution < 1.29 is 0 Å². The lowest BCUT2D eigenvalue weighted by atomic mass is 10.1. The quantitative estimate of drug-likeness (QED) is 0.806. The maximum atomic E-state index is 3.63. The lowest BCUT2D eigenvalue weighted by Crippen LogP contribution is -2.47. The molecule has 1 aromatic carbocycles. The summed E-state index contributed by atoms with van der Waals surface area (Å²) in [6.45, 7) is 14.4. The van der Waals surface area contributed by atoms with E-state index in [1.54, 1.807) is 0 Å². The number of rotatable bonds is 7. The number of hydrogen-bond donors (Lipinski definition) is 1. The van der Waals surface area contributed by atoms with E-state index in [2.05, 4.69) is 75.2 Å². The molecule has 0 aromatic heterocycles. The minimum atomic E-state index is 0.194. The van der Waals surface area contributed by atoms with E-state index in [0.717, 1.165) is 19.6 Å². The van der Waals surface area contributed by atoms with Crippen LogP contribution in [0.1, 0.15) is 46.6 Å². The zero-order valence-electron chi connectivity index (χ0n) is 13.2. The Morgan fingerprint density at radius 1 is 1.11 bits per heavy atom. The van der Waals surface area contributed by atoms with Crippen LogP contribution in [0.2, 0.25) is 0 Å². The zero-order valence-corrected chi connectivity index (χ0v) is 13.2. The summed E-state index contributed by atoms with van der Waals surface area (Å²) in [5.74, 6) is 0. The lowest BCUT2D eigenvalue weighted by Gasteiger charge is -2.33. The number of nitrogens with zero attached hydrogens (tertiary/aromatic N) is 1. The fourth-order valence-electron chi connectivity index (χ4n) is 2.27. The van der Waals surface area contributed by atoms with E-state index in [0.29, 0.717) is 6.04 Å². The van der Waals surface area contributed by atoms with Crippen molar-refractivity contribution in [2.45, 2.75) is 59.2 Å². The highest BCUT2D eigenvalue weighted by Gasteiger charge is 2.18. The molecule has 0 spiro atoms. The summed E-state index contributed by atoms with van der Waals surface area (Å²) in [7, 11) is 0. The van der Waals surface area contributed by atoms with Crippen molar-refractivity contribution in [2.75, 3.05) is 13.1 Å². The molecule has 0 heterocycles. The summed E-state index contributed by atoms with van der Waals surface area (Å²) in [5, 5.41) is 3.63. The van der Waals surface area contributed by atoms with Gasteiger partial charge in [0.15, 0.2) is 0 Å². The van der Waals surface area contributed by atoms with Crippen molar-refractivity contribution in [3.05, 3.63) is 35.9 Å². The van der Waals surface area contributed by atoms with E-state index in [9.17, 15) is 0 Å². The molecule has 1 N–H and O–H groups in total. The fraction of sp³-hybridized carbons (Fsp3) is 0.647.